The van der Waals surface area contributed by atoms with Gasteiger partial charge in [-0.05, 0) is 24.6 Å². The lowest BCUT2D eigenvalue weighted by Gasteiger charge is -2.15. The third-order valence-corrected chi connectivity index (χ3v) is 4.29. The van der Waals surface area contributed by atoms with Crippen LogP contribution in [0.2, 0.25) is 0 Å². The maximum atomic E-state index is 11.9. The summed E-state index contributed by atoms with van der Waals surface area (Å²) >= 11 is 1.40. The molecule has 0 aliphatic heterocycles. The fourth-order valence-corrected chi connectivity index (χ4v) is 3.05. The van der Waals surface area contributed by atoms with Gasteiger partial charge < -0.3 is 9.64 Å². The number of hydrogen-bond donors (Lipinski definition) is 0. The van der Waals surface area contributed by atoms with E-state index in [4.69, 9.17) is 4.74 Å². The molecule has 114 valence electrons. The fourth-order valence-electron chi connectivity index (χ4n) is 2.14. The minimum absolute atomic E-state index is 0.150. The molecule has 0 unspecified atom stereocenters. The minimum Gasteiger partial charge on any atom is -0.497 e. The number of rotatable bonds is 4. The van der Waals surface area contributed by atoms with E-state index in [1.54, 1.807) is 7.11 Å². The second-order valence-electron chi connectivity index (χ2n) is 5.02. The molecule has 3 aromatic rings. The number of methoxy groups -OCH3 is 1. The quantitative estimate of drug-likeness (QED) is 0.738. The number of hydrogen-bond acceptors (Lipinski definition) is 6. The maximum Gasteiger partial charge on any atom is 0.275 e. The van der Waals surface area contributed by atoms with Crippen LogP contribution in [0.4, 0.5) is 5.13 Å². The lowest BCUT2D eigenvalue weighted by molar-refractivity contribution is 0.414. The van der Waals surface area contributed by atoms with Gasteiger partial charge in [0.25, 0.3) is 5.56 Å². The summed E-state index contributed by atoms with van der Waals surface area (Å²) in [5, 5.41) is 5.10. The summed E-state index contributed by atoms with van der Waals surface area (Å²) in [5.74, 6) is 0.831. The molecular weight excluding hydrogens is 300 g/mol. The molecule has 22 heavy (non-hydrogen) atoms. The van der Waals surface area contributed by atoms with Crippen LogP contribution in [0.15, 0.2) is 35.1 Å². The van der Waals surface area contributed by atoms with E-state index < -0.39 is 0 Å². The zero-order chi connectivity index (χ0) is 15.7. The topological polar surface area (TPSA) is 59.7 Å². The Morgan fingerprint density at radius 3 is 2.73 bits per heavy atom. The number of benzene rings is 1. The molecule has 0 N–H and O–H groups in total. The molecule has 0 atom stereocenters. The van der Waals surface area contributed by atoms with Crippen LogP contribution in [0.25, 0.3) is 4.96 Å². The molecule has 0 saturated carbocycles. The van der Waals surface area contributed by atoms with E-state index in [0.717, 1.165) is 16.4 Å². The smallest absolute Gasteiger partial charge is 0.275 e. The molecule has 0 radical (unpaired) electrons. The molecule has 0 fully saturated rings. The van der Waals surface area contributed by atoms with Crippen molar-refractivity contribution in [2.75, 3.05) is 19.1 Å². The molecule has 2 aromatic heterocycles. The highest BCUT2D eigenvalue weighted by molar-refractivity contribution is 7.20. The van der Waals surface area contributed by atoms with Crippen LogP contribution in [-0.2, 0) is 6.54 Å². The number of aromatic nitrogens is 3. The molecule has 1 aromatic carbocycles. The average molecular weight is 316 g/mol. The Balaban J connectivity index is 1.86. The van der Waals surface area contributed by atoms with Crippen LogP contribution in [0.1, 0.15) is 11.3 Å². The van der Waals surface area contributed by atoms with Gasteiger partial charge in [-0.15, -0.1) is 5.10 Å². The van der Waals surface area contributed by atoms with Gasteiger partial charge in [0, 0.05) is 25.4 Å². The predicted octanol–water partition coefficient (Wildman–Crippen LogP) is 2.10. The van der Waals surface area contributed by atoms with Gasteiger partial charge >= 0.3 is 0 Å². The minimum atomic E-state index is -0.150. The summed E-state index contributed by atoms with van der Waals surface area (Å²) in [4.78, 5) is 18.9. The number of nitrogens with zero attached hydrogens (tertiary/aromatic N) is 4. The van der Waals surface area contributed by atoms with Gasteiger partial charge in [-0.3, -0.25) is 4.79 Å². The number of ether oxygens (including phenoxy) is 1. The Morgan fingerprint density at radius 1 is 1.32 bits per heavy atom. The summed E-state index contributed by atoms with van der Waals surface area (Å²) in [6.45, 7) is 2.50. The van der Waals surface area contributed by atoms with E-state index >= 15 is 0 Å². The molecule has 7 heteroatoms. The first-order valence-corrected chi connectivity index (χ1v) is 7.60. The van der Waals surface area contributed by atoms with Crippen LogP contribution in [0.5, 0.6) is 5.75 Å². The second-order valence-corrected chi connectivity index (χ2v) is 5.95. The molecule has 0 spiro atoms. The van der Waals surface area contributed by atoms with Gasteiger partial charge in [0.2, 0.25) is 10.1 Å². The van der Waals surface area contributed by atoms with E-state index in [1.165, 1.54) is 21.9 Å². The van der Waals surface area contributed by atoms with E-state index in [9.17, 15) is 4.79 Å². The van der Waals surface area contributed by atoms with E-state index in [0.29, 0.717) is 17.2 Å². The van der Waals surface area contributed by atoms with Crippen molar-refractivity contribution in [3.8, 4) is 5.75 Å². The summed E-state index contributed by atoms with van der Waals surface area (Å²) in [6.07, 6.45) is 0. The normalized spacial score (nSPS) is 10.9. The lowest BCUT2D eigenvalue weighted by atomic mass is 10.2. The first-order valence-electron chi connectivity index (χ1n) is 6.78. The number of fused-ring (bicyclic) bond motifs is 1. The molecule has 0 aliphatic carbocycles. The van der Waals surface area contributed by atoms with Gasteiger partial charge in [0.05, 0.1) is 7.11 Å². The van der Waals surface area contributed by atoms with Gasteiger partial charge in [-0.25, -0.2) is 4.98 Å². The molecule has 6 nitrogen and oxygen atoms in total. The predicted molar refractivity (Wildman–Crippen MR) is 87.0 cm³/mol. The standard InChI is InChI=1S/C15H16N4O2S/c1-10-8-13(20)19-14(16-10)22-15(17-19)18(2)9-11-4-6-12(21-3)7-5-11/h4-8H,9H2,1-3H3. The van der Waals surface area contributed by atoms with E-state index in [-0.39, 0.29) is 5.56 Å². The molecule has 0 saturated heterocycles. The van der Waals surface area contributed by atoms with Crippen molar-refractivity contribution in [3.05, 3.63) is 51.9 Å². The molecular formula is C15H16N4O2S. The largest absolute Gasteiger partial charge is 0.497 e. The zero-order valence-corrected chi connectivity index (χ0v) is 13.4. The fraction of sp³-hybridized carbons (Fsp3) is 0.267. The highest BCUT2D eigenvalue weighted by Crippen LogP contribution is 2.22. The molecule has 0 aliphatic rings. The summed E-state index contributed by atoms with van der Waals surface area (Å²) in [5.41, 5.74) is 1.69. The van der Waals surface area contributed by atoms with Gasteiger partial charge in [-0.1, -0.05) is 23.5 Å². The third kappa shape index (κ3) is 2.80. The first-order chi connectivity index (χ1) is 10.6. The Hall–Kier alpha value is -2.41. The van der Waals surface area contributed by atoms with Crippen LogP contribution >= 0.6 is 11.3 Å². The van der Waals surface area contributed by atoms with Crippen molar-refractivity contribution < 1.29 is 4.74 Å². The van der Waals surface area contributed by atoms with Crippen LogP contribution in [0.3, 0.4) is 0 Å². The van der Waals surface area contributed by atoms with Crippen molar-refractivity contribution in [1.82, 2.24) is 14.6 Å². The molecule has 0 bridgehead atoms. The lowest BCUT2D eigenvalue weighted by Crippen LogP contribution is -2.18. The van der Waals surface area contributed by atoms with Crippen molar-refractivity contribution in [3.63, 3.8) is 0 Å². The van der Waals surface area contributed by atoms with Gasteiger partial charge in [0.1, 0.15) is 5.75 Å². The Labute approximate surface area is 131 Å². The molecule has 3 rings (SSSR count). The van der Waals surface area contributed by atoms with Crippen molar-refractivity contribution in [2.45, 2.75) is 13.5 Å². The Morgan fingerprint density at radius 2 is 2.05 bits per heavy atom. The molecule has 0 amide bonds. The van der Waals surface area contributed by atoms with Crippen molar-refractivity contribution in [1.29, 1.82) is 0 Å². The highest BCUT2D eigenvalue weighted by atomic mass is 32.1. The SMILES string of the molecule is COc1ccc(CN(C)c2nn3c(=O)cc(C)nc3s2)cc1. The average Bonchev–Trinajstić information content (AvgIpc) is 2.92. The monoisotopic (exact) mass is 316 g/mol. The van der Waals surface area contributed by atoms with E-state index in [1.807, 2.05) is 43.1 Å². The Bertz CT molecular complexity index is 854. The summed E-state index contributed by atoms with van der Waals surface area (Å²) in [6, 6.07) is 9.36. The van der Waals surface area contributed by atoms with Gasteiger partial charge in [-0.2, -0.15) is 4.52 Å². The van der Waals surface area contributed by atoms with Crippen molar-refractivity contribution >= 4 is 21.4 Å². The van der Waals surface area contributed by atoms with E-state index in [2.05, 4.69) is 10.1 Å². The summed E-state index contributed by atoms with van der Waals surface area (Å²) in [7, 11) is 3.59. The number of aryl methyl sites for hydroxylation is 1. The van der Waals surface area contributed by atoms with Crippen LogP contribution in [0, 0.1) is 6.92 Å². The van der Waals surface area contributed by atoms with Crippen LogP contribution < -0.4 is 15.2 Å². The maximum absolute atomic E-state index is 11.9. The van der Waals surface area contributed by atoms with Crippen LogP contribution in [-0.4, -0.2) is 28.8 Å². The zero-order valence-electron chi connectivity index (χ0n) is 12.6. The van der Waals surface area contributed by atoms with Crippen molar-refractivity contribution in [2.24, 2.45) is 0 Å². The Kier molecular flexibility index (Phi) is 3.81. The highest BCUT2D eigenvalue weighted by Gasteiger charge is 2.11. The number of anilines is 1. The third-order valence-electron chi connectivity index (χ3n) is 3.27. The second kappa shape index (κ2) is 5.76. The van der Waals surface area contributed by atoms with Gasteiger partial charge in [0.15, 0.2) is 0 Å². The molecule has 2 heterocycles. The summed E-state index contributed by atoms with van der Waals surface area (Å²) < 4.78 is 6.50. The first kappa shape index (κ1) is 14.5.